The molecule has 0 radical (unpaired) electrons. The SMILES string of the molecule is Nc1ccnc(N)n1.O.O.O=C(O)C(O)C(O)C(=O)O. The third kappa shape index (κ3) is 8.54. The van der Waals surface area contributed by atoms with Crippen LogP contribution in [-0.2, 0) is 9.59 Å². The number of aliphatic carboxylic acids is 2. The van der Waals surface area contributed by atoms with E-state index in [0.29, 0.717) is 5.82 Å². The number of carbonyl (C=O) groups is 2. The van der Waals surface area contributed by atoms with Gasteiger partial charge in [-0.1, -0.05) is 0 Å². The normalized spacial score (nSPS) is 11.5. The number of aliphatic hydroxyl groups excluding tert-OH is 2. The molecule has 0 bridgehead atoms. The number of hydrogen-bond acceptors (Lipinski definition) is 8. The van der Waals surface area contributed by atoms with Gasteiger partial charge in [-0.25, -0.2) is 14.6 Å². The number of nitrogens with two attached hydrogens (primary N) is 2. The van der Waals surface area contributed by atoms with Crippen molar-refractivity contribution < 1.29 is 41.0 Å². The molecule has 0 aromatic carbocycles. The van der Waals surface area contributed by atoms with E-state index in [1.54, 1.807) is 6.07 Å². The van der Waals surface area contributed by atoms with E-state index in [0.717, 1.165) is 0 Å². The first-order valence-corrected chi connectivity index (χ1v) is 4.41. The summed E-state index contributed by atoms with van der Waals surface area (Å²) in [4.78, 5) is 26.8. The van der Waals surface area contributed by atoms with Crippen LogP contribution in [0, 0.1) is 0 Å². The molecule has 0 aliphatic rings. The smallest absolute Gasteiger partial charge is 0.335 e. The summed E-state index contributed by atoms with van der Waals surface area (Å²) >= 11 is 0. The molecule has 1 aromatic heterocycles. The second-order valence-electron chi connectivity index (χ2n) is 2.91. The van der Waals surface area contributed by atoms with Gasteiger partial charge in [-0.3, -0.25) is 0 Å². The molecule has 2 atom stereocenters. The highest BCUT2D eigenvalue weighted by molar-refractivity contribution is 5.83. The van der Waals surface area contributed by atoms with Crippen LogP contribution >= 0.6 is 0 Å². The number of carboxylic acids is 2. The van der Waals surface area contributed by atoms with Crippen LogP contribution in [0.3, 0.4) is 0 Å². The molecule has 12 nitrogen and oxygen atoms in total. The molecule has 20 heavy (non-hydrogen) atoms. The van der Waals surface area contributed by atoms with Crippen molar-refractivity contribution in [2.75, 3.05) is 11.5 Å². The molecular formula is C8H16N4O8. The molecule has 0 amide bonds. The second-order valence-corrected chi connectivity index (χ2v) is 2.91. The van der Waals surface area contributed by atoms with E-state index in [1.165, 1.54) is 6.20 Å². The summed E-state index contributed by atoms with van der Waals surface area (Å²) in [7, 11) is 0. The van der Waals surface area contributed by atoms with E-state index in [4.69, 9.17) is 31.9 Å². The van der Waals surface area contributed by atoms with Crippen molar-refractivity contribution in [2.24, 2.45) is 0 Å². The average Bonchev–Trinajstić information content (AvgIpc) is 2.27. The van der Waals surface area contributed by atoms with Crippen LogP contribution in [0.2, 0.25) is 0 Å². The third-order valence-corrected chi connectivity index (χ3v) is 1.50. The van der Waals surface area contributed by atoms with E-state index in [2.05, 4.69) is 9.97 Å². The lowest BCUT2D eigenvalue weighted by atomic mass is 10.2. The Balaban J connectivity index is -0.000000266. The van der Waals surface area contributed by atoms with Gasteiger partial charge in [0.2, 0.25) is 5.95 Å². The minimum Gasteiger partial charge on any atom is -0.479 e. The number of nitrogens with zero attached hydrogens (tertiary/aromatic N) is 2. The molecule has 1 heterocycles. The molecule has 2 unspecified atom stereocenters. The Labute approximate surface area is 111 Å². The fraction of sp³-hybridized carbons (Fsp3) is 0.250. The Hall–Kier alpha value is -2.54. The summed E-state index contributed by atoms with van der Waals surface area (Å²) in [6.45, 7) is 0. The number of aliphatic hydroxyl groups is 2. The van der Waals surface area contributed by atoms with E-state index >= 15 is 0 Å². The van der Waals surface area contributed by atoms with Crippen LogP contribution in [0.1, 0.15) is 0 Å². The van der Waals surface area contributed by atoms with Gasteiger partial charge >= 0.3 is 11.9 Å². The molecule has 12 heteroatoms. The van der Waals surface area contributed by atoms with Gasteiger partial charge in [0.05, 0.1) is 0 Å². The standard InChI is InChI=1S/C4H6N4.C4H6O6.2H2O/c5-3-1-2-7-4(6)8-3;5-1(3(7)8)2(6)4(9)10;;/h1-2H,(H4,5,6,7,8);1-2,5-6H,(H,7,8)(H,9,10);2*1H2. The molecule has 0 spiro atoms. The quantitative estimate of drug-likeness (QED) is 0.313. The van der Waals surface area contributed by atoms with Crippen molar-refractivity contribution in [3.8, 4) is 0 Å². The summed E-state index contributed by atoms with van der Waals surface area (Å²) in [5.41, 5.74) is 10.4. The van der Waals surface area contributed by atoms with E-state index in [-0.39, 0.29) is 16.9 Å². The van der Waals surface area contributed by atoms with Crippen molar-refractivity contribution in [3.05, 3.63) is 12.3 Å². The summed E-state index contributed by atoms with van der Waals surface area (Å²) in [5.74, 6) is -2.92. The Morgan fingerprint density at radius 3 is 1.65 bits per heavy atom. The lowest BCUT2D eigenvalue weighted by molar-refractivity contribution is -0.165. The third-order valence-electron chi connectivity index (χ3n) is 1.50. The molecule has 1 rings (SSSR count). The minimum atomic E-state index is -2.27. The fourth-order valence-electron chi connectivity index (χ4n) is 0.659. The Morgan fingerprint density at radius 1 is 1.05 bits per heavy atom. The molecule has 0 fully saturated rings. The largest absolute Gasteiger partial charge is 0.479 e. The zero-order valence-electron chi connectivity index (χ0n) is 9.96. The number of carboxylic acid groups (broad SMARTS) is 2. The van der Waals surface area contributed by atoms with Crippen LogP contribution in [0.5, 0.6) is 0 Å². The first-order valence-electron chi connectivity index (χ1n) is 4.41. The van der Waals surface area contributed by atoms with E-state index < -0.39 is 24.1 Å². The first kappa shape index (κ1) is 22.6. The Bertz CT molecular complexity index is 393. The molecule has 1 aromatic rings. The van der Waals surface area contributed by atoms with Crippen LogP contribution in [0.4, 0.5) is 11.8 Å². The highest BCUT2D eigenvalue weighted by atomic mass is 16.4. The van der Waals surface area contributed by atoms with Crippen LogP contribution in [0.25, 0.3) is 0 Å². The fourth-order valence-corrected chi connectivity index (χ4v) is 0.659. The summed E-state index contributed by atoms with van der Waals surface area (Å²) < 4.78 is 0. The van der Waals surface area contributed by atoms with Gasteiger partial charge in [-0.15, -0.1) is 0 Å². The molecular weight excluding hydrogens is 280 g/mol. The van der Waals surface area contributed by atoms with Gasteiger partial charge in [0.1, 0.15) is 5.82 Å². The number of anilines is 2. The highest BCUT2D eigenvalue weighted by Crippen LogP contribution is 1.94. The molecule has 12 N–H and O–H groups in total. The van der Waals surface area contributed by atoms with Crippen molar-refractivity contribution >= 4 is 23.7 Å². The first-order chi connectivity index (χ1) is 8.25. The van der Waals surface area contributed by atoms with Crippen LogP contribution in [-0.4, -0.2) is 65.5 Å². The number of aromatic nitrogens is 2. The van der Waals surface area contributed by atoms with Gasteiger partial charge in [0, 0.05) is 6.20 Å². The van der Waals surface area contributed by atoms with Crippen LogP contribution in [0.15, 0.2) is 12.3 Å². The van der Waals surface area contributed by atoms with Crippen molar-refractivity contribution in [3.63, 3.8) is 0 Å². The highest BCUT2D eigenvalue weighted by Gasteiger charge is 2.29. The summed E-state index contributed by atoms with van der Waals surface area (Å²) in [5, 5.41) is 32.5. The molecule has 116 valence electrons. The van der Waals surface area contributed by atoms with Crippen molar-refractivity contribution in [2.45, 2.75) is 12.2 Å². The second kappa shape index (κ2) is 10.4. The predicted octanol–water partition coefficient (Wildman–Crippen LogP) is -4.13. The van der Waals surface area contributed by atoms with Gasteiger partial charge in [-0.05, 0) is 6.07 Å². The lowest BCUT2D eigenvalue weighted by Gasteiger charge is -2.07. The number of rotatable bonds is 3. The summed E-state index contributed by atoms with van der Waals surface area (Å²) in [6, 6.07) is 1.58. The molecule has 0 aliphatic carbocycles. The topological polar surface area (TPSA) is 256 Å². The lowest BCUT2D eigenvalue weighted by Crippen LogP contribution is -2.39. The zero-order valence-corrected chi connectivity index (χ0v) is 9.96. The maximum absolute atomic E-state index is 9.77. The Kier molecular flexibility index (Phi) is 11.8. The van der Waals surface area contributed by atoms with Gasteiger partial charge in [0.25, 0.3) is 0 Å². The van der Waals surface area contributed by atoms with Gasteiger partial charge in [0.15, 0.2) is 12.2 Å². The van der Waals surface area contributed by atoms with Gasteiger partial charge in [-0.2, -0.15) is 4.98 Å². The maximum atomic E-state index is 9.77. The maximum Gasteiger partial charge on any atom is 0.335 e. The van der Waals surface area contributed by atoms with Crippen molar-refractivity contribution in [1.29, 1.82) is 0 Å². The Morgan fingerprint density at radius 2 is 1.45 bits per heavy atom. The monoisotopic (exact) mass is 296 g/mol. The van der Waals surface area contributed by atoms with E-state index in [9.17, 15) is 9.59 Å². The molecule has 0 saturated carbocycles. The van der Waals surface area contributed by atoms with Gasteiger partial charge < -0.3 is 42.8 Å². The summed E-state index contributed by atoms with van der Waals surface area (Å²) in [6.07, 6.45) is -3.02. The van der Waals surface area contributed by atoms with Crippen LogP contribution < -0.4 is 11.5 Å². The van der Waals surface area contributed by atoms with Crippen molar-refractivity contribution in [1.82, 2.24) is 9.97 Å². The minimum absolute atomic E-state index is 0. The number of hydrogen-bond donors (Lipinski definition) is 6. The predicted molar refractivity (Wildman–Crippen MR) is 65.4 cm³/mol. The average molecular weight is 296 g/mol. The molecule has 0 saturated heterocycles. The number of nitrogen functional groups attached to an aromatic ring is 2. The zero-order chi connectivity index (χ0) is 14.3. The molecule has 0 aliphatic heterocycles. The van der Waals surface area contributed by atoms with E-state index in [1.807, 2.05) is 0 Å².